The summed E-state index contributed by atoms with van der Waals surface area (Å²) in [4.78, 5) is 31.0. The molecule has 2 heterocycles. The molecule has 9 heteroatoms. The third-order valence-corrected chi connectivity index (χ3v) is 8.72. The fourth-order valence-electron chi connectivity index (χ4n) is 4.18. The van der Waals surface area contributed by atoms with Crippen LogP contribution in [0.25, 0.3) is 21.7 Å². The molecule has 0 aliphatic heterocycles. The number of hydrogen-bond acceptors (Lipinski definition) is 7. The molecule has 5 rings (SSSR count). The van der Waals surface area contributed by atoms with E-state index >= 15 is 0 Å². The Morgan fingerprint density at radius 1 is 1.00 bits per heavy atom. The van der Waals surface area contributed by atoms with E-state index in [0.29, 0.717) is 36.5 Å². The van der Waals surface area contributed by atoms with Gasteiger partial charge in [-0.2, -0.15) is 0 Å². The number of ketones is 1. The fourth-order valence-corrected chi connectivity index (χ4v) is 6.47. The summed E-state index contributed by atoms with van der Waals surface area (Å²) >= 11 is 8.40. The Balaban J connectivity index is 1.70. The average molecular weight is 560 g/mol. The number of carbonyl (C=O) groups excluding carboxylic acids is 1. The molecule has 0 amide bonds. The van der Waals surface area contributed by atoms with E-state index < -0.39 is 0 Å². The maximum Gasteiger partial charge on any atom is 0.278 e. The largest absolute Gasteiger partial charge is 0.496 e. The number of carbonyl (C=O) groups is 1. The molecular weight excluding hydrogens is 535 g/mol. The number of rotatable bonds is 7. The van der Waals surface area contributed by atoms with E-state index in [2.05, 4.69) is 19.9 Å². The van der Waals surface area contributed by atoms with E-state index in [9.17, 15) is 9.59 Å². The molecule has 3 aromatic carbocycles. The lowest BCUT2D eigenvalue weighted by atomic mass is 10.1. The van der Waals surface area contributed by atoms with Crippen molar-refractivity contribution in [3.8, 4) is 17.1 Å². The Labute approximate surface area is 233 Å². The van der Waals surface area contributed by atoms with Crippen molar-refractivity contribution in [2.24, 2.45) is 0 Å². The third-order valence-electron chi connectivity index (χ3n) is 6.38. The highest BCUT2D eigenvalue weighted by atomic mass is 32.2. The SMILES string of the molecule is COc1ccc(C(C)=O)cc1CSc1nc2c(sc(=S)n2-c2ccc(C)c(C)c2)c(=O)n1-c1ccccc1. The molecule has 6 nitrogen and oxygen atoms in total. The smallest absolute Gasteiger partial charge is 0.278 e. The summed E-state index contributed by atoms with van der Waals surface area (Å²) in [6.07, 6.45) is 0. The minimum atomic E-state index is -0.174. The summed E-state index contributed by atoms with van der Waals surface area (Å²) in [5.74, 6) is 1.10. The van der Waals surface area contributed by atoms with Crippen molar-refractivity contribution in [2.45, 2.75) is 31.7 Å². The number of hydrogen-bond donors (Lipinski definition) is 0. The highest BCUT2D eigenvalue weighted by molar-refractivity contribution is 7.98. The molecule has 0 fully saturated rings. The van der Waals surface area contributed by atoms with Gasteiger partial charge in [-0.05, 0) is 86.6 Å². The maximum atomic E-state index is 13.9. The van der Waals surface area contributed by atoms with Gasteiger partial charge in [0, 0.05) is 22.6 Å². The van der Waals surface area contributed by atoms with Crippen LogP contribution in [-0.2, 0) is 5.75 Å². The Bertz CT molecular complexity index is 1800. The molecule has 2 aromatic heterocycles. The first-order valence-corrected chi connectivity index (χ1v) is 14.1. The second kappa shape index (κ2) is 10.7. The lowest BCUT2D eigenvalue weighted by molar-refractivity contribution is 0.101. The number of fused-ring (bicyclic) bond motifs is 1. The summed E-state index contributed by atoms with van der Waals surface area (Å²) in [7, 11) is 1.60. The summed E-state index contributed by atoms with van der Waals surface area (Å²) < 4.78 is 10.1. The van der Waals surface area contributed by atoms with Crippen LogP contribution in [0.1, 0.15) is 34.0 Å². The summed E-state index contributed by atoms with van der Waals surface area (Å²) in [6.45, 7) is 5.65. The topological polar surface area (TPSA) is 66.1 Å². The predicted octanol–water partition coefficient (Wildman–Crippen LogP) is 7.09. The van der Waals surface area contributed by atoms with Gasteiger partial charge in [0.05, 0.1) is 12.8 Å². The van der Waals surface area contributed by atoms with Gasteiger partial charge >= 0.3 is 0 Å². The van der Waals surface area contributed by atoms with Crippen molar-refractivity contribution in [1.82, 2.24) is 14.1 Å². The molecule has 0 spiro atoms. The number of thioether (sulfide) groups is 1. The van der Waals surface area contributed by atoms with Crippen LogP contribution < -0.4 is 10.3 Å². The zero-order valence-electron chi connectivity index (χ0n) is 21.3. The number of ether oxygens (including phenoxy) is 1. The zero-order chi connectivity index (χ0) is 27.0. The molecule has 0 radical (unpaired) electrons. The van der Waals surface area contributed by atoms with E-state index in [0.717, 1.165) is 22.5 Å². The number of aromatic nitrogens is 3. The van der Waals surface area contributed by atoms with Gasteiger partial charge in [0.25, 0.3) is 5.56 Å². The molecule has 38 heavy (non-hydrogen) atoms. The Morgan fingerprint density at radius 2 is 1.76 bits per heavy atom. The van der Waals surface area contributed by atoms with E-state index in [1.54, 1.807) is 23.8 Å². The van der Waals surface area contributed by atoms with Gasteiger partial charge in [-0.15, -0.1) is 0 Å². The van der Waals surface area contributed by atoms with Crippen LogP contribution in [0.3, 0.4) is 0 Å². The quantitative estimate of drug-likeness (QED) is 0.0918. The molecule has 0 aliphatic rings. The summed E-state index contributed by atoms with van der Waals surface area (Å²) in [6, 6.07) is 20.9. The predicted molar refractivity (Wildman–Crippen MR) is 157 cm³/mol. The standard InChI is InChI=1S/C29H25N3O3S3/c1-17-10-12-23(14-18(17)2)31-26-25(38-29(31)36)27(34)32(22-8-6-5-7-9-22)28(30-26)37-16-21-15-20(19(3)33)11-13-24(21)35-4/h5-15H,16H2,1-4H3. The van der Waals surface area contributed by atoms with E-state index in [1.807, 2.05) is 53.1 Å². The third kappa shape index (κ3) is 4.84. The number of benzene rings is 3. The molecule has 192 valence electrons. The van der Waals surface area contributed by atoms with Crippen LogP contribution in [-0.4, -0.2) is 27.0 Å². The Morgan fingerprint density at radius 3 is 2.45 bits per heavy atom. The van der Waals surface area contributed by atoms with Crippen LogP contribution in [0, 0.1) is 17.8 Å². The van der Waals surface area contributed by atoms with E-state index in [4.69, 9.17) is 21.9 Å². The molecule has 0 saturated heterocycles. The van der Waals surface area contributed by atoms with Crippen molar-refractivity contribution in [1.29, 1.82) is 0 Å². The van der Waals surface area contributed by atoms with Crippen LogP contribution in [0.4, 0.5) is 0 Å². The molecule has 0 unspecified atom stereocenters. The van der Waals surface area contributed by atoms with Gasteiger partial charge in [-0.3, -0.25) is 18.7 Å². The Hall–Kier alpha value is -3.53. The summed E-state index contributed by atoms with van der Waals surface area (Å²) in [5.41, 5.74) is 5.71. The van der Waals surface area contributed by atoms with Gasteiger partial charge < -0.3 is 4.74 Å². The normalized spacial score (nSPS) is 11.2. The van der Waals surface area contributed by atoms with Gasteiger partial charge in [0.1, 0.15) is 10.4 Å². The van der Waals surface area contributed by atoms with Gasteiger partial charge in [-0.25, -0.2) is 4.98 Å². The molecule has 0 N–H and O–H groups in total. The minimum absolute atomic E-state index is 0.0228. The number of nitrogens with zero attached hydrogens (tertiary/aromatic N) is 3. The minimum Gasteiger partial charge on any atom is -0.496 e. The van der Waals surface area contributed by atoms with Crippen molar-refractivity contribution >= 4 is 51.4 Å². The second-order valence-corrected chi connectivity index (χ2v) is 11.5. The molecule has 5 aromatic rings. The number of Topliss-reactive ketones (excluding diaryl/α,β-unsaturated/α-hetero) is 1. The van der Waals surface area contributed by atoms with Crippen LogP contribution in [0.2, 0.25) is 0 Å². The van der Waals surface area contributed by atoms with Gasteiger partial charge in [-0.1, -0.05) is 47.4 Å². The van der Waals surface area contributed by atoms with Crippen molar-refractivity contribution in [3.05, 3.63) is 103 Å². The first-order valence-electron chi connectivity index (χ1n) is 11.9. The monoisotopic (exact) mass is 559 g/mol. The van der Waals surface area contributed by atoms with Gasteiger partial charge in [0.2, 0.25) is 0 Å². The number of para-hydroxylation sites is 1. The fraction of sp³-hybridized carbons (Fsp3) is 0.172. The number of methoxy groups -OCH3 is 1. The molecule has 0 bridgehead atoms. The maximum absolute atomic E-state index is 13.9. The van der Waals surface area contributed by atoms with Crippen LogP contribution in [0.15, 0.2) is 76.7 Å². The highest BCUT2D eigenvalue weighted by Crippen LogP contribution is 2.32. The van der Waals surface area contributed by atoms with E-state index in [-0.39, 0.29) is 11.3 Å². The summed E-state index contributed by atoms with van der Waals surface area (Å²) in [5, 5.41) is 0.523. The van der Waals surface area contributed by atoms with E-state index in [1.165, 1.54) is 35.6 Å². The molecule has 0 aliphatic carbocycles. The lowest BCUT2D eigenvalue weighted by Gasteiger charge is -2.14. The first-order chi connectivity index (χ1) is 18.3. The highest BCUT2D eigenvalue weighted by Gasteiger charge is 2.20. The molecule has 0 atom stereocenters. The first kappa shape index (κ1) is 26.1. The number of aryl methyl sites for hydroxylation is 2. The van der Waals surface area contributed by atoms with Crippen molar-refractivity contribution in [3.63, 3.8) is 0 Å². The van der Waals surface area contributed by atoms with Crippen molar-refractivity contribution in [2.75, 3.05) is 7.11 Å². The average Bonchev–Trinajstić information content (AvgIpc) is 3.25. The molecule has 0 saturated carbocycles. The van der Waals surface area contributed by atoms with Crippen LogP contribution >= 0.6 is 35.3 Å². The number of thiazole rings is 1. The second-order valence-electron chi connectivity index (χ2n) is 8.87. The molecular formula is C29H25N3O3S3. The Kier molecular flexibility index (Phi) is 7.34. The van der Waals surface area contributed by atoms with Gasteiger partial charge in [0.15, 0.2) is 20.5 Å². The van der Waals surface area contributed by atoms with Crippen LogP contribution in [0.5, 0.6) is 5.75 Å². The lowest BCUT2D eigenvalue weighted by Crippen LogP contribution is -2.21. The van der Waals surface area contributed by atoms with Crippen molar-refractivity contribution < 1.29 is 9.53 Å². The zero-order valence-corrected chi connectivity index (χ0v) is 23.8.